The first-order valence-electron chi connectivity index (χ1n) is 5.06. The van der Waals surface area contributed by atoms with E-state index < -0.39 is 0 Å². The van der Waals surface area contributed by atoms with Gasteiger partial charge in [0.25, 0.3) is 0 Å². The Morgan fingerprint density at radius 2 is 1.53 bits per heavy atom. The van der Waals surface area contributed by atoms with Crippen LogP contribution in [0, 0.1) is 0 Å². The Balaban J connectivity index is 2.22. The monoisotopic (exact) mass is 244 g/mol. The molecular weight excluding hydrogens is 231 g/mol. The van der Waals surface area contributed by atoms with E-state index >= 15 is 0 Å². The molecular formula is C11H14Cl2N2. The van der Waals surface area contributed by atoms with Crippen molar-refractivity contribution in [2.45, 2.75) is 0 Å². The zero-order valence-corrected chi connectivity index (χ0v) is 10.2. The summed E-state index contributed by atoms with van der Waals surface area (Å²) in [4.78, 5) is 4.56. The molecule has 0 spiro atoms. The SMILES string of the molecule is CN1CCN(c2c(Cl)cccc2Cl)CC1. The molecule has 0 saturated carbocycles. The molecule has 1 fully saturated rings. The Labute approximate surface area is 100 Å². The first kappa shape index (κ1) is 11.1. The van der Waals surface area contributed by atoms with Crippen molar-refractivity contribution in [3.63, 3.8) is 0 Å². The summed E-state index contributed by atoms with van der Waals surface area (Å²) >= 11 is 12.3. The fraction of sp³-hybridized carbons (Fsp3) is 0.455. The van der Waals surface area contributed by atoms with Gasteiger partial charge in [-0.25, -0.2) is 0 Å². The molecule has 0 N–H and O–H groups in total. The number of halogens is 2. The Hall–Kier alpha value is -0.440. The second kappa shape index (κ2) is 4.60. The third kappa shape index (κ3) is 2.39. The van der Waals surface area contributed by atoms with Crippen molar-refractivity contribution in [1.82, 2.24) is 4.90 Å². The van der Waals surface area contributed by atoms with Crippen LogP contribution in [-0.2, 0) is 0 Å². The summed E-state index contributed by atoms with van der Waals surface area (Å²) in [6.45, 7) is 4.09. The van der Waals surface area contributed by atoms with E-state index in [0.717, 1.165) is 41.9 Å². The Morgan fingerprint density at radius 1 is 1.00 bits per heavy atom. The summed E-state index contributed by atoms with van der Waals surface area (Å²) in [6, 6.07) is 5.66. The predicted octanol–water partition coefficient (Wildman–Crippen LogP) is 2.75. The minimum atomic E-state index is 0.743. The number of rotatable bonds is 1. The average molecular weight is 245 g/mol. The van der Waals surface area contributed by atoms with Gasteiger partial charge in [-0.3, -0.25) is 0 Å². The van der Waals surface area contributed by atoms with Gasteiger partial charge in [0.2, 0.25) is 0 Å². The maximum Gasteiger partial charge on any atom is 0.0745 e. The molecule has 1 aromatic carbocycles. The van der Waals surface area contributed by atoms with E-state index in [0.29, 0.717) is 0 Å². The normalized spacial score (nSPS) is 18.2. The molecule has 1 saturated heterocycles. The van der Waals surface area contributed by atoms with E-state index in [4.69, 9.17) is 23.2 Å². The van der Waals surface area contributed by atoms with Crippen LogP contribution in [0.3, 0.4) is 0 Å². The summed E-state index contributed by atoms with van der Waals surface area (Å²) in [5, 5.41) is 1.49. The van der Waals surface area contributed by atoms with Crippen LogP contribution in [-0.4, -0.2) is 38.1 Å². The second-order valence-electron chi connectivity index (χ2n) is 3.86. The molecule has 0 radical (unpaired) electrons. The first-order chi connectivity index (χ1) is 7.18. The standard InChI is InChI=1S/C11H14Cl2N2/c1-14-5-7-15(8-6-14)11-9(12)3-2-4-10(11)13/h2-4H,5-8H2,1H3. The molecule has 4 heteroatoms. The maximum absolute atomic E-state index is 6.16. The van der Waals surface area contributed by atoms with Gasteiger partial charge in [0, 0.05) is 26.2 Å². The minimum absolute atomic E-state index is 0.743. The van der Waals surface area contributed by atoms with Gasteiger partial charge in [0.1, 0.15) is 0 Å². The molecule has 2 rings (SSSR count). The smallest absolute Gasteiger partial charge is 0.0745 e. The predicted molar refractivity (Wildman–Crippen MR) is 66.2 cm³/mol. The van der Waals surface area contributed by atoms with Crippen LogP contribution in [0.25, 0.3) is 0 Å². The lowest BCUT2D eigenvalue weighted by Gasteiger charge is -2.34. The molecule has 0 amide bonds. The molecule has 1 aliphatic rings. The molecule has 1 aromatic rings. The lowest BCUT2D eigenvalue weighted by atomic mass is 10.2. The van der Waals surface area contributed by atoms with Crippen LogP contribution in [0.15, 0.2) is 18.2 Å². The van der Waals surface area contributed by atoms with Crippen molar-refractivity contribution < 1.29 is 0 Å². The van der Waals surface area contributed by atoms with Crippen LogP contribution in [0.1, 0.15) is 0 Å². The molecule has 0 atom stereocenters. The molecule has 0 aromatic heterocycles. The van der Waals surface area contributed by atoms with E-state index in [1.54, 1.807) is 0 Å². The summed E-state index contributed by atoms with van der Waals surface area (Å²) in [6.07, 6.45) is 0. The van der Waals surface area contributed by atoms with Gasteiger partial charge < -0.3 is 9.80 Å². The summed E-state index contributed by atoms with van der Waals surface area (Å²) < 4.78 is 0. The van der Waals surface area contributed by atoms with Gasteiger partial charge in [-0.2, -0.15) is 0 Å². The number of hydrogen-bond donors (Lipinski definition) is 0. The maximum atomic E-state index is 6.16. The van der Waals surface area contributed by atoms with Crippen LogP contribution in [0.2, 0.25) is 10.0 Å². The van der Waals surface area contributed by atoms with Crippen molar-refractivity contribution in [2.24, 2.45) is 0 Å². The highest BCUT2D eigenvalue weighted by Crippen LogP contribution is 2.33. The number of hydrogen-bond acceptors (Lipinski definition) is 2. The lowest BCUT2D eigenvalue weighted by Crippen LogP contribution is -2.44. The third-order valence-electron chi connectivity index (χ3n) is 2.76. The average Bonchev–Trinajstić information content (AvgIpc) is 2.20. The van der Waals surface area contributed by atoms with Crippen LogP contribution >= 0.6 is 23.2 Å². The van der Waals surface area contributed by atoms with Gasteiger partial charge in [0.05, 0.1) is 15.7 Å². The van der Waals surface area contributed by atoms with Crippen molar-refractivity contribution in [3.8, 4) is 0 Å². The largest absolute Gasteiger partial charge is 0.367 e. The minimum Gasteiger partial charge on any atom is -0.367 e. The van der Waals surface area contributed by atoms with E-state index in [-0.39, 0.29) is 0 Å². The summed E-state index contributed by atoms with van der Waals surface area (Å²) in [7, 11) is 2.13. The zero-order chi connectivity index (χ0) is 10.8. The van der Waals surface area contributed by atoms with Gasteiger partial charge in [-0.15, -0.1) is 0 Å². The Morgan fingerprint density at radius 3 is 2.07 bits per heavy atom. The highest BCUT2D eigenvalue weighted by Gasteiger charge is 2.18. The number of likely N-dealkylation sites (N-methyl/N-ethyl adjacent to an activating group) is 1. The second-order valence-corrected chi connectivity index (χ2v) is 4.67. The number of para-hydroxylation sites is 1. The number of nitrogens with zero attached hydrogens (tertiary/aromatic N) is 2. The van der Waals surface area contributed by atoms with Gasteiger partial charge in [0.15, 0.2) is 0 Å². The summed E-state index contributed by atoms with van der Waals surface area (Å²) in [5.41, 5.74) is 0.980. The highest BCUT2D eigenvalue weighted by molar-refractivity contribution is 6.39. The van der Waals surface area contributed by atoms with Crippen LogP contribution < -0.4 is 4.90 Å². The molecule has 2 nitrogen and oxygen atoms in total. The number of benzene rings is 1. The third-order valence-corrected chi connectivity index (χ3v) is 3.37. The molecule has 0 aliphatic carbocycles. The van der Waals surface area contributed by atoms with Crippen molar-refractivity contribution in [1.29, 1.82) is 0 Å². The van der Waals surface area contributed by atoms with Crippen molar-refractivity contribution in [2.75, 3.05) is 38.1 Å². The summed E-state index contributed by atoms with van der Waals surface area (Å²) in [5.74, 6) is 0. The van der Waals surface area contributed by atoms with E-state index in [9.17, 15) is 0 Å². The van der Waals surface area contributed by atoms with E-state index in [1.165, 1.54) is 0 Å². The molecule has 0 unspecified atom stereocenters. The van der Waals surface area contributed by atoms with Crippen molar-refractivity contribution >= 4 is 28.9 Å². The van der Waals surface area contributed by atoms with Gasteiger partial charge in [-0.1, -0.05) is 29.3 Å². The molecule has 0 bridgehead atoms. The van der Waals surface area contributed by atoms with Crippen molar-refractivity contribution in [3.05, 3.63) is 28.2 Å². The zero-order valence-electron chi connectivity index (χ0n) is 8.71. The first-order valence-corrected chi connectivity index (χ1v) is 5.81. The van der Waals surface area contributed by atoms with E-state index in [1.807, 2.05) is 18.2 Å². The number of piperazine rings is 1. The lowest BCUT2D eigenvalue weighted by molar-refractivity contribution is 0.313. The Kier molecular flexibility index (Phi) is 3.39. The fourth-order valence-corrected chi connectivity index (χ4v) is 2.46. The topological polar surface area (TPSA) is 6.48 Å². The molecule has 15 heavy (non-hydrogen) atoms. The Bertz CT molecular complexity index is 326. The van der Waals surface area contributed by atoms with Gasteiger partial charge >= 0.3 is 0 Å². The fourth-order valence-electron chi connectivity index (χ4n) is 1.82. The van der Waals surface area contributed by atoms with Gasteiger partial charge in [-0.05, 0) is 19.2 Å². The number of anilines is 1. The van der Waals surface area contributed by atoms with Crippen LogP contribution in [0.5, 0.6) is 0 Å². The highest BCUT2D eigenvalue weighted by atomic mass is 35.5. The van der Waals surface area contributed by atoms with E-state index in [2.05, 4.69) is 16.8 Å². The van der Waals surface area contributed by atoms with Crippen LogP contribution in [0.4, 0.5) is 5.69 Å². The quantitative estimate of drug-likeness (QED) is 0.750. The molecule has 82 valence electrons. The molecule has 1 aliphatic heterocycles. The molecule has 1 heterocycles.